The smallest absolute Gasteiger partial charge is 0.228 e. The van der Waals surface area contributed by atoms with E-state index in [9.17, 15) is 9.59 Å². The highest BCUT2D eigenvalue weighted by atomic mass is 16.2. The van der Waals surface area contributed by atoms with Gasteiger partial charge in [-0.25, -0.2) is 0 Å². The number of carbonyl (C=O) groups is 2. The van der Waals surface area contributed by atoms with E-state index < -0.39 is 0 Å². The van der Waals surface area contributed by atoms with Crippen LogP contribution in [0.15, 0.2) is 18.2 Å². The van der Waals surface area contributed by atoms with Gasteiger partial charge in [-0.2, -0.15) is 0 Å². The minimum Gasteiger partial charge on any atom is -0.353 e. The topological polar surface area (TPSA) is 58.2 Å². The van der Waals surface area contributed by atoms with Crippen LogP contribution in [0.1, 0.15) is 37.8 Å². The summed E-state index contributed by atoms with van der Waals surface area (Å²) in [6, 6.07) is 6.12. The van der Waals surface area contributed by atoms with Crippen LogP contribution in [0, 0.1) is 25.7 Å². The minimum absolute atomic E-state index is 0.00456. The summed E-state index contributed by atoms with van der Waals surface area (Å²) in [6.07, 6.45) is 1.55. The molecule has 0 aliphatic heterocycles. The fourth-order valence-electron chi connectivity index (χ4n) is 2.51. The molecule has 0 bridgehead atoms. The highest BCUT2D eigenvalue weighted by Crippen LogP contribution is 2.39. The van der Waals surface area contributed by atoms with E-state index in [1.807, 2.05) is 39.8 Å². The summed E-state index contributed by atoms with van der Waals surface area (Å²) in [5, 5.41) is 5.86. The number of rotatable bonds is 5. The first-order valence-corrected chi connectivity index (χ1v) is 7.60. The maximum atomic E-state index is 12.2. The van der Waals surface area contributed by atoms with Crippen LogP contribution in [-0.2, 0) is 9.59 Å². The maximum Gasteiger partial charge on any atom is 0.228 e. The Morgan fingerprint density at radius 2 is 1.71 bits per heavy atom. The van der Waals surface area contributed by atoms with Gasteiger partial charge in [0.2, 0.25) is 11.8 Å². The van der Waals surface area contributed by atoms with E-state index in [1.54, 1.807) is 0 Å². The third-order valence-corrected chi connectivity index (χ3v) is 3.95. The largest absolute Gasteiger partial charge is 0.353 e. The van der Waals surface area contributed by atoms with E-state index >= 15 is 0 Å². The SMILES string of the molecule is CCC(C)NC(=O)C1CC1C(=O)Nc1cc(C)cc(C)c1. The van der Waals surface area contributed by atoms with Crippen molar-refractivity contribution >= 4 is 17.5 Å². The molecular formula is C17H24N2O2. The normalized spacial score (nSPS) is 21.5. The van der Waals surface area contributed by atoms with Crippen molar-refractivity contribution in [3.05, 3.63) is 29.3 Å². The molecule has 1 fully saturated rings. The summed E-state index contributed by atoms with van der Waals surface area (Å²) in [4.78, 5) is 24.1. The second kappa shape index (κ2) is 6.29. The highest BCUT2D eigenvalue weighted by molar-refractivity contribution is 5.99. The third-order valence-electron chi connectivity index (χ3n) is 3.95. The molecule has 0 aromatic heterocycles. The Balaban J connectivity index is 1.90. The monoisotopic (exact) mass is 288 g/mol. The van der Waals surface area contributed by atoms with Crippen LogP contribution in [-0.4, -0.2) is 17.9 Å². The molecule has 0 heterocycles. The number of anilines is 1. The second-order valence-electron chi connectivity index (χ2n) is 6.13. The number of hydrogen-bond donors (Lipinski definition) is 2. The average Bonchev–Trinajstić information content (AvgIpc) is 3.17. The quantitative estimate of drug-likeness (QED) is 0.875. The summed E-state index contributed by atoms with van der Waals surface area (Å²) in [7, 11) is 0. The maximum absolute atomic E-state index is 12.2. The number of amides is 2. The second-order valence-corrected chi connectivity index (χ2v) is 6.13. The van der Waals surface area contributed by atoms with E-state index in [4.69, 9.17) is 0 Å². The first-order valence-electron chi connectivity index (χ1n) is 7.60. The molecule has 0 radical (unpaired) electrons. The Hall–Kier alpha value is -1.84. The predicted molar refractivity (Wildman–Crippen MR) is 84.0 cm³/mol. The zero-order chi connectivity index (χ0) is 15.6. The molecule has 3 unspecified atom stereocenters. The summed E-state index contributed by atoms with van der Waals surface area (Å²) < 4.78 is 0. The summed E-state index contributed by atoms with van der Waals surface area (Å²) in [5.41, 5.74) is 3.05. The van der Waals surface area contributed by atoms with Crippen molar-refractivity contribution in [2.75, 3.05) is 5.32 Å². The summed E-state index contributed by atoms with van der Waals surface area (Å²) in [6.45, 7) is 8.01. The molecular weight excluding hydrogens is 264 g/mol. The summed E-state index contributed by atoms with van der Waals surface area (Å²) >= 11 is 0. The Labute approximate surface area is 126 Å². The van der Waals surface area contributed by atoms with Crippen LogP contribution in [0.3, 0.4) is 0 Å². The van der Waals surface area contributed by atoms with Gasteiger partial charge in [0.25, 0.3) is 0 Å². The van der Waals surface area contributed by atoms with Crippen molar-refractivity contribution < 1.29 is 9.59 Å². The van der Waals surface area contributed by atoms with Gasteiger partial charge in [-0.3, -0.25) is 9.59 Å². The molecule has 2 rings (SSSR count). The van der Waals surface area contributed by atoms with Gasteiger partial charge in [0.15, 0.2) is 0 Å². The van der Waals surface area contributed by atoms with Crippen LogP contribution in [0.4, 0.5) is 5.69 Å². The Bertz CT molecular complexity index is 533. The molecule has 0 spiro atoms. The molecule has 0 saturated heterocycles. The van der Waals surface area contributed by atoms with Crippen molar-refractivity contribution in [1.82, 2.24) is 5.32 Å². The third kappa shape index (κ3) is 4.06. The lowest BCUT2D eigenvalue weighted by molar-refractivity contribution is -0.125. The molecule has 3 atom stereocenters. The molecule has 4 nitrogen and oxygen atoms in total. The molecule has 4 heteroatoms. The molecule has 21 heavy (non-hydrogen) atoms. The molecule has 114 valence electrons. The Kier molecular flexibility index (Phi) is 4.66. The standard InChI is InChI=1S/C17H24N2O2/c1-5-12(4)18-16(20)14-9-15(14)17(21)19-13-7-10(2)6-11(3)8-13/h6-8,12,14-15H,5,9H2,1-4H3,(H,18,20)(H,19,21). The van der Waals surface area contributed by atoms with Crippen molar-refractivity contribution in [3.63, 3.8) is 0 Å². The van der Waals surface area contributed by atoms with E-state index in [0.717, 1.165) is 23.2 Å². The van der Waals surface area contributed by atoms with Gasteiger partial charge in [0.1, 0.15) is 0 Å². The van der Waals surface area contributed by atoms with Gasteiger partial charge in [-0.1, -0.05) is 13.0 Å². The number of hydrogen-bond acceptors (Lipinski definition) is 2. The Morgan fingerprint density at radius 3 is 2.29 bits per heavy atom. The van der Waals surface area contributed by atoms with E-state index in [0.29, 0.717) is 6.42 Å². The average molecular weight is 288 g/mol. The zero-order valence-electron chi connectivity index (χ0n) is 13.2. The lowest BCUT2D eigenvalue weighted by Gasteiger charge is -2.11. The predicted octanol–water partition coefficient (Wildman–Crippen LogP) is 2.79. The first kappa shape index (κ1) is 15.5. The minimum atomic E-state index is -0.185. The van der Waals surface area contributed by atoms with Crippen LogP contribution >= 0.6 is 0 Å². The van der Waals surface area contributed by atoms with Gasteiger partial charge in [-0.05, 0) is 56.9 Å². The molecule has 2 amide bonds. The van der Waals surface area contributed by atoms with E-state index in [1.165, 1.54) is 0 Å². The van der Waals surface area contributed by atoms with Crippen LogP contribution in [0.25, 0.3) is 0 Å². The lowest BCUT2D eigenvalue weighted by atomic mass is 10.1. The van der Waals surface area contributed by atoms with Gasteiger partial charge >= 0.3 is 0 Å². The fraction of sp³-hybridized carbons (Fsp3) is 0.529. The number of benzene rings is 1. The number of carbonyl (C=O) groups excluding carboxylic acids is 2. The van der Waals surface area contributed by atoms with Crippen LogP contribution in [0.2, 0.25) is 0 Å². The van der Waals surface area contributed by atoms with E-state index in [2.05, 4.69) is 16.7 Å². The lowest BCUT2D eigenvalue weighted by Crippen LogP contribution is -2.34. The highest BCUT2D eigenvalue weighted by Gasteiger charge is 2.48. The van der Waals surface area contributed by atoms with Crippen LogP contribution in [0.5, 0.6) is 0 Å². The molecule has 1 aromatic carbocycles. The molecule has 1 saturated carbocycles. The molecule has 1 aromatic rings. The number of aryl methyl sites for hydroxylation is 2. The number of nitrogens with one attached hydrogen (secondary N) is 2. The zero-order valence-corrected chi connectivity index (χ0v) is 13.2. The summed E-state index contributed by atoms with van der Waals surface area (Å²) in [5.74, 6) is -0.394. The Morgan fingerprint density at radius 1 is 1.14 bits per heavy atom. The first-order chi connectivity index (χ1) is 9.90. The van der Waals surface area contributed by atoms with E-state index in [-0.39, 0.29) is 29.7 Å². The van der Waals surface area contributed by atoms with Gasteiger partial charge in [0.05, 0.1) is 11.8 Å². The van der Waals surface area contributed by atoms with Crippen molar-refractivity contribution in [1.29, 1.82) is 0 Å². The van der Waals surface area contributed by atoms with Crippen LogP contribution < -0.4 is 10.6 Å². The fourth-order valence-corrected chi connectivity index (χ4v) is 2.51. The molecule has 1 aliphatic carbocycles. The molecule has 2 N–H and O–H groups in total. The van der Waals surface area contributed by atoms with Gasteiger partial charge in [-0.15, -0.1) is 0 Å². The molecule has 1 aliphatic rings. The van der Waals surface area contributed by atoms with Gasteiger partial charge < -0.3 is 10.6 Å². The van der Waals surface area contributed by atoms with Gasteiger partial charge in [0, 0.05) is 11.7 Å². The van der Waals surface area contributed by atoms with Crippen molar-refractivity contribution in [3.8, 4) is 0 Å². The van der Waals surface area contributed by atoms with Crippen molar-refractivity contribution in [2.45, 2.75) is 46.6 Å². The van der Waals surface area contributed by atoms with Crippen molar-refractivity contribution in [2.24, 2.45) is 11.8 Å².